The van der Waals surface area contributed by atoms with Crippen molar-refractivity contribution in [2.75, 3.05) is 5.75 Å². The maximum absolute atomic E-state index is 10.7. The van der Waals surface area contributed by atoms with Crippen molar-refractivity contribution in [3.05, 3.63) is 0 Å². The van der Waals surface area contributed by atoms with Crippen LogP contribution >= 0.6 is 11.8 Å². The van der Waals surface area contributed by atoms with E-state index in [4.69, 9.17) is 5.11 Å². The Morgan fingerprint density at radius 1 is 1.69 bits per heavy atom. The molecule has 13 heavy (non-hydrogen) atoms. The van der Waals surface area contributed by atoms with Crippen LogP contribution in [0.2, 0.25) is 0 Å². The molecule has 0 radical (unpaired) electrons. The Morgan fingerprint density at radius 3 is 2.69 bits per heavy atom. The molecular formula is C8H13NO3S. The molecule has 2 unspecified atom stereocenters. The highest BCUT2D eigenvalue weighted by Crippen LogP contribution is 2.32. The Labute approximate surface area is 81.3 Å². The fourth-order valence-corrected chi connectivity index (χ4v) is 2.86. The van der Waals surface area contributed by atoms with Crippen molar-refractivity contribution in [2.24, 2.45) is 5.92 Å². The molecule has 0 aromatic heterocycles. The molecule has 0 spiro atoms. The minimum atomic E-state index is -0.914. The average molecular weight is 203 g/mol. The van der Waals surface area contributed by atoms with E-state index in [0.29, 0.717) is 18.1 Å². The summed E-state index contributed by atoms with van der Waals surface area (Å²) in [4.78, 5) is 22.8. The lowest BCUT2D eigenvalue weighted by atomic mass is 10.2. The summed E-state index contributed by atoms with van der Waals surface area (Å²) >= 11 is 1.53. The molecule has 0 bridgehead atoms. The average Bonchev–Trinajstić information content (AvgIpc) is 2.46. The molecule has 0 aromatic carbocycles. The Morgan fingerprint density at radius 2 is 2.31 bits per heavy atom. The summed E-state index contributed by atoms with van der Waals surface area (Å²) in [6.07, 6.45) is 0.642. The van der Waals surface area contributed by atoms with Gasteiger partial charge in [0.05, 0.1) is 5.37 Å². The van der Waals surface area contributed by atoms with Crippen molar-refractivity contribution in [3.63, 3.8) is 0 Å². The van der Waals surface area contributed by atoms with Crippen LogP contribution in [0, 0.1) is 5.92 Å². The SMILES string of the molecule is CC(C)C1SCC(C(=O)O)N1C=O. The molecule has 1 saturated heterocycles. The molecule has 0 aliphatic carbocycles. The van der Waals surface area contributed by atoms with E-state index in [9.17, 15) is 9.59 Å². The maximum atomic E-state index is 10.7. The molecule has 74 valence electrons. The number of hydrogen-bond donors (Lipinski definition) is 1. The number of rotatable bonds is 3. The van der Waals surface area contributed by atoms with Gasteiger partial charge in [-0.3, -0.25) is 4.79 Å². The van der Waals surface area contributed by atoms with Crippen LogP contribution < -0.4 is 0 Å². The first-order valence-corrected chi connectivity index (χ1v) is 5.20. The quantitative estimate of drug-likeness (QED) is 0.683. The normalized spacial score (nSPS) is 28.1. The lowest BCUT2D eigenvalue weighted by Gasteiger charge is -2.25. The number of nitrogens with zero attached hydrogens (tertiary/aromatic N) is 1. The van der Waals surface area contributed by atoms with Crippen LogP contribution in [0.3, 0.4) is 0 Å². The van der Waals surface area contributed by atoms with Gasteiger partial charge in [0.2, 0.25) is 6.41 Å². The first-order valence-electron chi connectivity index (χ1n) is 4.15. The molecule has 1 aliphatic rings. The highest BCUT2D eigenvalue weighted by Gasteiger charge is 2.38. The summed E-state index contributed by atoms with van der Waals surface area (Å²) in [5.74, 6) is -0.126. The minimum absolute atomic E-state index is 0.0126. The highest BCUT2D eigenvalue weighted by molar-refractivity contribution is 8.00. The lowest BCUT2D eigenvalue weighted by Crippen LogP contribution is -2.42. The minimum Gasteiger partial charge on any atom is -0.480 e. The van der Waals surface area contributed by atoms with Crippen LogP contribution in [0.25, 0.3) is 0 Å². The van der Waals surface area contributed by atoms with Gasteiger partial charge in [-0.2, -0.15) is 0 Å². The van der Waals surface area contributed by atoms with Crippen molar-refractivity contribution in [3.8, 4) is 0 Å². The van der Waals surface area contributed by atoms with Gasteiger partial charge in [0.25, 0.3) is 0 Å². The van der Waals surface area contributed by atoms with Gasteiger partial charge >= 0.3 is 5.97 Å². The van der Waals surface area contributed by atoms with E-state index in [-0.39, 0.29) is 5.37 Å². The number of amides is 1. The van der Waals surface area contributed by atoms with E-state index in [0.717, 1.165) is 0 Å². The number of carboxylic acids is 1. The van der Waals surface area contributed by atoms with E-state index in [1.165, 1.54) is 16.7 Å². The second kappa shape index (κ2) is 4.00. The van der Waals surface area contributed by atoms with Crippen LogP contribution in [0.5, 0.6) is 0 Å². The molecule has 1 fully saturated rings. The first kappa shape index (κ1) is 10.4. The largest absolute Gasteiger partial charge is 0.480 e. The van der Waals surface area contributed by atoms with Crippen molar-refractivity contribution < 1.29 is 14.7 Å². The van der Waals surface area contributed by atoms with Crippen LogP contribution in [-0.4, -0.2) is 39.6 Å². The molecule has 1 heterocycles. The van der Waals surface area contributed by atoms with Gasteiger partial charge in [-0.1, -0.05) is 13.8 Å². The smallest absolute Gasteiger partial charge is 0.327 e. The zero-order valence-corrected chi connectivity index (χ0v) is 8.45. The molecule has 2 atom stereocenters. The molecule has 1 amide bonds. The number of carbonyl (C=O) groups is 2. The summed E-state index contributed by atoms with van der Waals surface area (Å²) in [6.45, 7) is 3.97. The third-order valence-corrected chi connectivity index (χ3v) is 3.69. The second-order valence-corrected chi connectivity index (χ2v) is 4.52. The van der Waals surface area contributed by atoms with Gasteiger partial charge in [0, 0.05) is 5.75 Å². The number of thioether (sulfide) groups is 1. The Kier molecular flexibility index (Phi) is 3.19. The highest BCUT2D eigenvalue weighted by atomic mass is 32.2. The Bertz CT molecular complexity index is 219. The van der Waals surface area contributed by atoms with E-state index in [1.807, 2.05) is 13.8 Å². The third kappa shape index (κ3) is 1.96. The van der Waals surface area contributed by atoms with E-state index >= 15 is 0 Å². The van der Waals surface area contributed by atoms with Crippen molar-refractivity contribution >= 4 is 24.1 Å². The lowest BCUT2D eigenvalue weighted by molar-refractivity contribution is -0.145. The Hall–Kier alpha value is -0.710. The molecule has 4 nitrogen and oxygen atoms in total. The van der Waals surface area contributed by atoms with Gasteiger partial charge < -0.3 is 10.0 Å². The summed E-state index contributed by atoms with van der Waals surface area (Å²) in [5, 5.41) is 8.81. The van der Waals surface area contributed by atoms with Crippen LogP contribution in [0.4, 0.5) is 0 Å². The topological polar surface area (TPSA) is 57.6 Å². The third-order valence-electron chi connectivity index (χ3n) is 2.06. The summed E-state index contributed by atoms with van der Waals surface area (Å²) in [6, 6.07) is -0.644. The second-order valence-electron chi connectivity index (χ2n) is 3.37. The maximum Gasteiger partial charge on any atom is 0.327 e. The Balaban J connectivity index is 2.74. The van der Waals surface area contributed by atoms with Crippen LogP contribution in [0.1, 0.15) is 13.8 Å². The van der Waals surface area contributed by atoms with Gasteiger partial charge in [0.15, 0.2) is 0 Å². The monoisotopic (exact) mass is 203 g/mol. The van der Waals surface area contributed by atoms with Crippen molar-refractivity contribution in [2.45, 2.75) is 25.3 Å². The molecule has 5 heteroatoms. The van der Waals surface area contributed by atoms with Gasteiger partial charge in [-0.25, -0.2) is 4.79 Å². The van der Waals surface area contributed by atoms with Crippen molar-refractivity contribution in [1.29, 1.82) is 0 Å². The van der Waals surface area contributed by atoms with E-state index < -0.39 is 12.0 Å². The van der Waals surface area contributed by atoms with Crippen molar-refractivity contribution in [1.82, 2.24) is 4.90 Å². The van der Waals surface area contributed by atoms with E-state index in [2.05, 4.69) is 0 Å². The molecule has 0 aromatic rings. The van der Waals surface area contributed by atoms with E-state index in [1.54, 1.807) is 0 Å². The van der Waals surface area contributed by atoms with Gasteiger partial charge in [-0.05, 0) is 5.92 Å². The molecule has 1 rings (SSSR count). The molecular weight excluding hydrogens is 190 g/mol. The fourth-order valence-electron chi connectivity index (χ4n) is 1.41. The predicted molar refractivity (Wildman–Crippen MR) is 50.4 cm³/mol. The molecule has 1 N–H and O–H groups in total. The van der Waals surface area contributed by atoms with Gasteiger partial charge in [0.1, 0.15) is 6.04 Å². The zero-order chi connectivity index (χ0) is 10.0. The molecule has 0 saturated carbocycles. The zero-order valence-electron chi connectivity index (χ0n) is 7.64. The number of carbonyl (C=O) groups excluding carboxylic acids is 1. The summed E-state index contributed by atoms with van der Waals surface area (Å²) in [5.41, 5.74) is 0. The number of aliphatic carboxylic acids is 1. The number of carboxylic acid groups (broad SMARTS) is 1. The number of hydrogen-bond acceptors (Lipinski definition) is 3. The summed E-state index contributed by atoms with van der Waals surface area (Å²) in [7, 11) is 0. The van der Waals surface area contributed by atoms with Crippen LogP contribution in [-0.2, 0) is 9.59 Å². The fraction of sp³-hybridized carbons (Fsp3) is 0.750. The summed E-state index contributed by atoms with van der Waals surface area (Å²) < 4.78 is 0. The van der Waals surface area contributed by atoms with Crippen LogP contribution in [0.15, 0.2) is 0 Å². The standard InChI is InChI=1S/C8H13NO3S/c1-5(2)7-9(4-10)6(3-13-7)8(11)12/h4-7H,3H2,1-2H3,(H,11,12). The first-order chi connectivity index (χ1) is 6.07. The van der Waals surface area contributed by atoms with Gasteiger partial charge in [-0.15, -0.1) is 11.8 Å². The molecule has 1 aliphatic heterocycles. The predicted octanol–water partition coefficient (Wildman–Crippen LogP) is 0.627.